The number of anilines is 1. The molecule has 0 aliphatic carbocycles. The molecule has 1 N–H and O–H groups in total. The second-order valence-corrected chi connectivity index (χ2v) is 10.9. The Hall–Kier alpha value is -2.68. The zero-order chi connectivity index (χ0) is 22.7. The van der Waals surface area contributed by atoms with Crippen LogP contribution in [0.1, 0.15) is 22.7 Å². The Morgan fingerprint density at radius 3 is 2.34 bits per heavy atom. The van der Waals surface area contributed by atoms with E-state index in [0.29, 0.717) is 31.7 Å². The summed E-state index contributed by atoms with van der Waals surface area (Å²) in [5, 5.41) is 1.71. The number of carbonyl (C=O) groups excluding carboxylic acids is 1. The van der Waals surface area contributed by atoms with Gasteiger partial charge in [0.25, 0.3) is 10.0 Å². The Morgan fingerprint density at radius 2 is 1.69 bits per heavy atom. The van der Waals surface area contributed by atoms with Gasteiger partial charge >= 0.3 is 0 Å². The van der Waals surface area contributed by atoms with Crippen LogP contribution in [0, 0.1) is 13.8 Å². The number of hydrogen-bond acceptors (Lipinski definition) is 5. The van der Waals surface area contributed by atoms with Crippen LogP contribution in [0.4, 0.5) is 5.69 Å². The normalized spacial score (nSPS) is 15.6. The van der Waals surface area contributed by atoms with Gasteiger partial charge < -0.3 is 9.80 Å². The van der Waals surface area contributed by atoms with Crippen LogP contribution < -0.4 is 9.62 Å². The van der Waals surface area contributed by atoms with Crippen molar-refractivity contribution in [2.45, 2.75) is 24.1 Å². The molecule has 1 aliphatic rings. The van der Waals surface area contributed by atoms with Gasteiger partial charge in [-0.3, -0.25) is 4.79 Å². The van der Waals surface area contributed by atoms with E-state index < -0.39 is 16.1 Å². The molecule has 0 radical (unpaired) electrons. The summed E-state index contributed by atoms with van der Waals surface area (Å²) in [7, 11) is -3.80. The molecule has 1 fully saturated rings. The van der Waals surface area contributed by atoms with E-state index in [0.717, 1.165) is 11.3 Å². The molecule has 8 heteroatoms. The fourth-order valence-corrected chi connectivity index (χ4v) is 6.13. The number of sulfonamides is 1. The molecule has 168 valence electrons. The van der Waals surface area contributed by atoms with Gasteiger partial charge in [-0.25, -0.2) is 8.42 Å². The summed E-state index contributed by atoms with van der Waals surface area (Å²) in [6.07, 6.45) is 0. The van der Waals surface area contributed by atoms with Crippen LogP contribution >= 0.6 is 11.3 Å². The summed E-state index contributed by atoms with van der Waals surface area (Å²) >= 11 is 1.13. The molecule has 1 saturated heterocycles. The maximum atomic E-state index is 13.5. The number of aryl methyl sites for hydroxylation is 2. The number of nitrogens with zero attached hydrogens (tertiary/aromatic N) is 2. The lowest BCUT2D eigenvalue weighted by atomic mass is 10.1. The van der Waals surface area contributed by atoms with Crippen molar-refractivity contribution in [3.05, 3.63) is 82.7 Å². The van der Waals surface area contributed by atoms with Gasteiger partial charge in [-0.05, 0) is 48.1 Å². The highest BCUT2D eigenvalue weighted by Gasteiger charge is 2.32. The van der Waals surface area contributed by atoms with Crippen LogP contribution in [0.25, 0.3) is 0 Å². The highest BCUT2D eigenvalue weighted by molar-refractivity contribution is 7.91. The Labute approximate surface area is 193 Å². The van der Waals surface area contributed by atoms with Crippen molar-refractivity contribution in [1.29, 1.82) is 0 Å². The number of carbonyl (C=O) groups is 1. The van der Waals surface area contributed by atoms with Crippen LogP contribution in [0.2, 0.25) is 0 Å². The summed E-state index contributed by atoms with van der Waals surface area (Å²) in [6, 6.07) is 17.7. The number of hydrogen-bond donors (Lipinski definition) is 1. The molecule has 0 bridgehead atoms. The predicted octanol–water partition coefficient (Wildman–Crippen LogP) is 3.73. The Morgan fingerprint density at radius 1 is 0.969 bits per heavy atom. The SMILES string of the molecule is Cc1ccc(C)c(N2CCN(C(=O)C(NS(=O)(=O)c3cccs3)c3ccccc3)CC2)c1. The second kappa shape index (κ2) is 9.44. The topological polar surface area (TPSA) is 69.7 Å². The summed E-state index contributed by atoms with van der Waals surface area (Å²) in [5.41, 5.74) is 4.24. The van der Waals surface area contributed by atoms with Gasteiger partial charge in [-0.15, -0.1) is 11.3 Å². The second-order valence-electron chi connectivity index (χ2n) is 8.00. The number of thiophene rings is 1. The van der Waals surface area contributed by atoms with E-state index in [9.17, 15) is 13.2 Å². The zero-order valence-corrected chi connectivity index (χ0v) is 19.8. The smallest absolute Gasteiger partial charge is 0.251 e. The summed E-state index contributed by atoms with van der Waals surface area (Å²) in [5.74, 6) is -0.225. The first-order valence-electron chi connectivity index (χ1n) is 10.6. The lowest BCUT2D eigenvalue weighted by molar-refractivity contribution is -0.133. The van der Waals surface area contributed by atoms with Gasteiger partial charge in [0, 0.05) is 31.9 Å². The minimum atomic E-state index is -3.80. The van der Waals surface area contributed by atoms with Gasteiger partial charge in [-0.2, -0.15) is 4.72 Å². The van der Waals surface area contributed by atoms with E-state index in [-0.39, 0.29) is 10.1 Å². The van der Waals surface area contributed by atoms with Crippen molar-refractivity contribution in [3.63, 3.8) is 0 Å². The quantitative estimate of drug-likeness (QED) is 0.597. The van der Waals surface area contributed by atoms with E-state index in [1.165, 1.54) is 16.8 Å². The fourth-order valence-electron chi connectivity index (χ4n) is 3.95. The average molecular weight is 470 g/mol. The van der Waals surface area contributed by atoms with Gasteiger partial charge in [0.2, 0.25) is 5.91 Å². The molecule has 3 aromatic rings. The molecule has 0 spiro atoms. The van der Waals surface area contributed by atoms with Crippen LogP contribution in [-0.4, -0.2) is 45.4 Å². The molecular formula is C24H27N3O3S2. The summed E-state index contributed by atoms with van der Waals surface area (Å²) in [4.78, 5) is 17.5. The highest BCUT2D eigenvalue weighted by atomic mass is 32.2. The summed E-state index contributed by atoms with van der Waals surface area (Å²) in [6.45, 7) is 6.65. The molecule has 1 aromatic heterocycles. The van der Waals surface area contributed by atoms with E-state index in [1.807, 2.05) is 18.2 Å². The predicted molar refractivity (Wildman–Crippen MR) is 129 cm³/mol. The molecule has 4 rings (SSSR count). The van der Waals surface area contributed by atoms with E-state index in [1.54, 1.807) is 34.5 Å². The number of nitrogens with one attached hydrogen (secondary N) is 1. The monoisotopic (exact) mass is 469 g/mol. The van der Waals surface area contributed by atoms with Gasteiger partial charge in [-0.1, -0.05) is 48.5 Å². The molecule has 1 amide bonds. The third-order valence-electron chi connectivity index (χ3n) is 5.71. The first-order valence-corrected chi connectivity index (χ1v) is 12.9. The highest BCUT2D eigenvalue weighted by Crippen LogP contribution is 2.25. The minimum absolute atomic E-state index is 0.200. The Kier molecular flexibility index (Phi) is 6.64. The summed E-state index contributed by atoms with van der Waals surface area (Å²) < 4.78 is 28.6. The van der Waals surface area contributed by atoms with Gasteiger partial charge in [0.15, 0.2) is 0 Å². The largest absolute Gasteiger partial charge is 0.368 e. The molecule has 6 nitrogen and oxygen atoms in total. The molecule has 0 saturated carbocycles. The molecule has 2 aromatic carbocycles. The first kappa shape index (κ1) is 22.5. The Bertz CT molecular complexity index is 1170. The standard InChI is InChI=1S/C24H27N3O3S2/c1-18-10-11-19(2)21(17-18)26-12-14-27(15-13-26)24(28)23(20-7-4-3-5-8-20)25-32(29,30)22-9-6-16-31-22/h3-11,16-17,23,25H,12-15H2,1-2H3. The number of piperazine rings is 1. The number of amides is 1. The Balaban J connectivity index is 1.53. The van der Waals surface area contributed by atoms with Crippen molar-refractivity contribution in [3.8, 4) is 0 Å². The van der Waals surface area contributed by atoms with Crippen molar-refractivity contribution in [1.82, 2.24) is 9.62 Å². The van der Waals surface area contributed by atoms with Crippen LogP contribution in [-0.2, 0) is 14.8 Å². The maximum Gasteiger partial charge on any atom is 0.251 e. The van der Waals surface area contributed by atoms with Gasteiger partial charge in [0.1, 0.15) is 10.3 Å². The van der Waals surface area contributed by atoms with Crippen LogP contribution in [0.5, 0.6) is 0 Å². The average Bonchev–Trinajstić information content (AvgIpc) is 3.36. The van der Waals surface area contributed by atoms with E-state index in [2.05, 4.69) is 41.7 Å². The fraction of sp³-hybridized carbons (Fsp3) is 0.292. The maximum absolute atomic E-state index is 13.5. The van der Waals surface area contributed by atoms with E-state index >= 15 is 0 Å². The van der Waals surface area contributed by atoms with Crippen LogP contribution in [0.15, 0.2) is 70.3 Å². The molecule has 1 atom stereocenters. The lowest BCUT2D eigenvalue weighted by Crippen LogP contribution is -2.52. The zero-order valence-electron chi connectivity index (χ0n) is 18.2. The molecule has 1 aliphatic heterocycles. The van der Waals surface area contributed by atoms with Crippen molar-refractivity contribution < 1.29 is 13.2 Å². The minimum Gasteiger partial charge on any atom is -0.368 e. The van der Waals surface area contributed by atoms with Crippen LogP contribution in [0.3, 0.4) is 0 Å². The van der Waals surface area contributed by atoms with E-state index in [4.69, 9.17) is 0 Å². The third-order valence-corrected chi connectivity index (χ3v) is 8.53. The number of rotatable bonds is 6. The third kappa shape index (κ3) is 4.87. The molecule has 2 heterocycles. The van der Waals surface area contributed by atoms with Crippen molar-refractivity contribution in [2.24, 2.45) is 0 Å². The molecular weight excluding hydrogens is 442 g/mol. The first-order chi connectivity index (χ1) is 15.3. The number of benzene rings is 2. The van der Waals surface area contributed by atoms with Crippen molar-refractivity contribution >= 4 is 33.0 Å². The van der Waals surface area contributed by atoms with Crippen molar-refractivity contribution in [2.75, 3.05) is 31.1 Å². The molecule has 1 unspecified atom stereocenters. The lowest BCUT2D eigenvalue weighted by Gasteiger charge is -2.38. The molecule has 32 heavy (non-hydrogen) atoms. The van der Waals surface area contributed by atoms with Gasteiger partial charge in [0.05, 0.1) is 0 Å².